The maximum atomic E-state index is 13.6. The number of hydrogen-bond acceptors (Lipinski definition) is 3. The van der Waals surface area contributed by atoms with Crippen molar-refractivity contribution in [3.8, 4) is 0 Å². The summed E-state index contributed by atoms with van der Waals surface area (Å²) < 4.78 is 13.6. The van der Waals surface area contributed by atoms with Crippen molar-refractivity contribution in [2.45, 2.75) is 17.1 Å². The van der Waals surface area contributed by atoms with Gasteiger partial charge in [0.25, 0.3) is 0 Å². The van der Waals surface area contributed by atoms with E-state index < -0.39 is 0 Å². The molecule has 0 radical (unpaired) electrons. The Bertz CT molecular complexity index is 634. The van der Waals surface area contributed by atoms with Gasteiger partial charge in [0.2, 0.25) is 5.91 Å². The second-order valence-electron chi connectivity index (χ2n) is 5.01. The molecule has 0 saturated heterocycles. The van der Waals surface area contributed by atoms with Gasteiger partial charge in [0.15, 0.2) is 0 Å². The number of halogens is 2. The predicted molar refractivity (Wildman–Crippen MR) is 102 cm³/mol. The van der Waals surface area contributed by atoms with Crippen molar-refractivity contribution in [1.29, 1.82) is 0 Å². The van der Waals surface area contributed by atoms with Gasteiger partial charge in [-0.15, -0.1) is 11.8 Å². The van der Waals surface area contributed by atoms with Crippen LogP contribution in [0, 0.1) is 5.82 Å². The van der Waals surface area contributed by atoms with Crippen molar-refractivity contribution in [3.05, 3.63) is 64.9 Å². The van der Waals surface area contributed by atoms with Gasteiger partial charge in [0.1, 0.15) is 5.82 Å². The molecule has 0 unspecified atom stereocenters. The number of carbonyl (C=O) groups excluding carboxylic acids is 1. The molecule has 0 saturated carbocycles. The minimum Gasteiger partial charge on any atom is -0.355 e. The summed E-state index contributed by atoms with van der Waals surface area (Å²) in [6.07, 6.45) is 0.489. The van der Waals surface area contributed by atoms with Crippen molar-refractivity contribution < 1.29 is 9.18 Å². The standard InChI is InChI=1S/C18H19ClFNOS2/c19-16-7-4-8-17(20)15(16)13-23-12-10-21-18(22)9-11-24-14-5-2-1-3-6-14/h1-8H,9-13H2,(H,21,22). The summed E-state index contributed by atoms with van der Waals surface area (Å²) in [5.74, 6) is 1.75. The van der Waals surface area contributed by atoms with Gasteiger partial charge in [-0.3, -0.25) is 4.79 Å². The normalized spacial score (nSPS) is 10.6. The summed E-state index contributed by atoms with van der Waals surface area (Å²) in [4.78, 5) is 12.9. The topological polar surface area (TPSA) is 29.1 Å². The van der Waals surface area contributed by atoms with Crippen molar-refractivity contribution in [2.24, 2.45) is 0 Å². The van der Waals surface area contributed by atoms with E-state index >= 15 is 0 Å². The molecule has 2 nitrogen and oxygen atoms in total. The fraction of sp³-hybridized carbons (Fsp3) is 0.278. The minimum atomic E-state index is -0.281. The fourth-order valence-corrected chi connectivity index (χ4v) is 4.04. The monoisotopic (exact) mass is 383 g/mol. The zero-order chi connectivity index (χ0) is 17.2. The quantitative estimate of drug-likeness (QED) is 0.487. The van der Waals surface area contributed by atoms with E-state index in [-0.39, 0.29) is 11.7 Å². The van der Waals surface area contributed by atoms with E-state index in [2.05, 4.69) is 5.32 Å². The van der Waals surface area contributed by atoms with Crippen molar-refractivity contribution >= 4 is 41.0 Å². The third-order valence-corrected chi connectivity index (χ3v) is 5.57. The van der Waals surface area contributed by atoms with Crippen LogP contribution in [-0.4, -0.2) is 24.0 Å². The van der Waals surface area contributed by atoms with Crippen molar-refractivity contribution in [2.75, 3.05) is 18.1 Å². The van der Waals surface area contributed by atoms with Crippen LogP contribution in [0.3, 0.4) is 0 Å². The smallest absolute Gasteiger partial charge is 0.220 e. The van der Waals surface area contributed by atoms with E-state index in [0.29, 0.717) is 29.3 Å². The molecule has 2 rings (SSSR count). The summed E-state index contributed by atoms with van der Waals surface area (Å²) >= 11 is 9.20. The van der Waals surface area contributed by atoms with Crippen molar-refractivity contribution in [3.63, 3.8) is 0 Å². The summed E-state index contributed by atoms with van der Waals surface area (Å²) in [5, 5.41) is 3.33. The summed E-state index contributed by atoms with van der Waals surface area (Å²) in [7, 11) is 0. The highest BCUT2D eigenvalue weighted by Crippen LogP contribution is 2.23. The zero-order valence-corrected chi connectivity index (χ0v) is 15.5. The first kappa shape index (κ1) is 19.2. The van der Waals surface area contributed by atoms with Crippen LogP contribution in [0.4, 0.5) is 4.39 Å². The molecule has 0 atom stereocenters. The number of benzene rings is 2. The van der Waals surface area contributed by atoms with E-state index in [0.717, 1.165) is 11.5 Å². The molecule has 0 aliphatic heterocycles. The first-order valence-corrected chi connectivity index (χ1v) is 10.1. The molecule has 1 N–H and O–H groups in total. The second-order valence-corrected chi connectivity index (χ2v) is 7.69. The molecule has 0 fully saturated rings. The number of nitrogens with one attached hydrogen (secondary N) is 1. The molecule has 0 aliphatic carbocycles. The van der Waals surface area contributed by atoms with Crippen LogP contribution in [0.5, 0.6) is 0 Å². The number of amides is 1. The molecule has 128 valence electrons. The number of hydrogen-bond donors (Lipinski definition) is 1. The molecular formula is C18H19ClFNOS2. The molecule has 0 bridgehead atoms. The summed E-state index contributed by atoms with van der Waals surface area (Å²) in [5.41, 5.74) is 0.523. The van der Waals surface area contributed by atoms with Crippen LogP contribution in [-0.2, 0) is 10.5 Å². The zero-order valence-electron chi connectivity index (χ0n) is 13.1. The fourth-order valence-electron chi connectivity index (χ4n) is 1.97. The van der Waals surface area contributed by atoms with Crippen LogP contribution >= 0.6 is 35.1 Å². The first-order valence-electron chi connectivity index (χ1n) is 7.62. The van der Waals surface area contributed by atoms with Crippen molar-refractivity contribution in [1.82, 2.24) is 5.32 Å². The van der Waals surface area contributed by atoms with E-state index in [9.17, 15) is 9.18 Å². The maximum Gasteiger partial charge on any atom is 0.220 e. The lowest BCUT2D eigenvalue weighted by molar-refractivity contribution is -0.120. The van der Waals surface area contributed by atoms with E-state index in [1.807, 2.05) is 30.3 Å². The Labute approximate surface area is 155 Å². The van der Waals surface area contributed by atoms with Gasteiger partial charge in [-0.1, -0.05) is 35.9 Å². The molecule has 6 heteroatoms. The molecule has 1 amide bonds. The average Bonchev–Trinajstić information content (AvgIpc) is 2.58. The number of thioether (sulfide) groups is 2. The number of rotatable bonds is 9. The molecule has 2 aromatic rings. The first-order chi connectivity index (χ1) is 11.7. The SMILES string of the molecule is O=C(CCSc1ccccc1)NCCSCc1c(F)cccc1Cl. The lowest BCUT2D eigenvalue weighted by Crippen LogP contribution is -2.25. The third kappa shape index (κ3) is 6.75. The average molecular weight is 384 g/mol. The maximum absolute atomic E-state index is 13.6. The Balaban J connectivity index is 1.56. The van der Waals surface area contributed by atoms with Crippen LogP contribution < -0.4 is 5.32 Å². The van der Waals surface area contributed by atoms with Crippen LogP contribution in [0.15, 0.2) is 53.4 Å². The molecular weight excluding hydrogens is 365 g/mol. The minimum absolute atomic E-state index is 0.0444. The molecule has 2 aromatic carbocycles. The molecule has 0 aromatic heterocycles. The van der Waals surface area contributed by atoms with Gasteiger partial charge in [-0.05, 0) is 24.3 Å². The lowest BCUT2D eigenvalue weighted by atomic mass is 10.2. The Morgan fingerprint density at radius 3 is 2.62 bits per heavy atom. The molecule has 0 spiro atoms. The largest absolute Gasteiger partial charge is 0.355 e. The van der Waals surface area contributed by atoms with Gasteiger partial charge in [0.05, 0.1) is 0 Å². The Hall–Kier alpha value is -1.17. The van der Waals surface area contributed by atoms with E-state index in [4.69, 9.17) is 11.6 Å². The van der Waals surface area contributed by atoms with Crippen LogP contribution in [0.2, 0.25) is 5.02 Å². The Morgan fingerprint density at radius 1 is 1.08 bits per heavy atom. The van der Waals surface area contributed by atoms with Gasteiger partial charge >= 0.3 is 0 Å². The highest BCUT2D eigenvalue weighted by Gasteiger charge is 2.07. The van der Waals surface area contributed by atoms with Gasteiger partial charge in [0, 0.05) is 45.7 Å². The van der Waals surface area contributed by atoms with Gasteiger partial charge < -0.3 is 5.32 Å². The third-order valence-electron chi connectivity index (χ3n) is 3.22. The van der Waals surface area contributed by atoms with Crippen LogP contribution in [0.1, 0.15) is 12.0 Å². The predicted octanol–water partition coefficient (Wildman–Crippen LogP) is 5.01. The Kier molecular flexibility index (Phi) is 8.50. The second kappa shape index (κ2) is 10.6. The highest BCUT2D eigenvalue weighted by atomic mass is 35.5. The van der Waals surface area contributed by atoms with Gasteiger partial charge in [-0.2, -0.15) is 11.8 Å². The molecule has 24 heavy (non-hydrogen) atoms. The molecule has 0 aliphatic rings. The van der Waals surface area contributed by atoms with E-state index in [1.165, 1.54) is 11.0 Å². The summed E-state index contributed by atoms with van der Waals surface area (Å²) in [6.45, 7) is 0.575. The van der Waals surface area contributed by atoms with Gasteiger partial charge in [-0.25, -0.2) is 4.39 Å². The molecule has 0 heterocycles. The Morgan fingerprint density at radius 2 is 1.88 bits per heavy atom. The summed E-state index contributed by atoms with van der Waals surface area (Å²) in [6, 6.07) is 14.7. The lowest BCUT2D eigenvalue weighted by Gasteiger charge is -2.07. The van der Waals surface area contributed by atoms with Crippen LogP contribution in [0.25, 0.3) is 0 Å². The van der Waals surface area contributed by atoms with E-state index in [1.54, 1.807) is 35.7 Å². The highest BCUT2D eigenvalue weighted by molar-refractivity contribution is 7.99. The number of carbonyl (C=O) groups is 1.